The van der Waals surface area contributed by atoms with Crippen LogP contribution < -0.4 is 5.32 Å². The maximum absolute atomic E-state index is 12.4. The first-order valence-corrected chi connectivity index (χ1v) is 9.06. The van der Waals surface area contributed by atoms with Crippen molar-refractivity contribution in [3.05, 3.63) is 65.7 Å². The lowest BCUT2D eigenvalue weighted by molar-refractivity contribution is -0.132. The molecule has 26 heavy (non-hydrogen) atoms. The minimum Gasteiger partial charge on any atom is -0.339 e. The summed E-state index contributed by atoms with van der Waals surface area (Å²) in [5, 5.41) is 2.89. The SMILES string of the molecule is Cc1cccc(CCC(=O)N2CCN(C(=O)Nc3ccccc3)CC2)c1. The van der Waals surface area contributed by atoms with Crippen LogP contribution in [0.15, 0.2) is 54.6 Å². The maximum Gasteiger partial charge on any atom is 0.321 e. The van der Waals surface area contributed by atoms with E-state index >= 15 is 0 Å². The summed E-state index contributed by atoms with van der Waals surface area (Å²) in [7, 11) is 0. The van der Waals surface area contributed by atoms with E-state index in [0.29, 0.717) is 32.6 Å². The molecule has 5 nitrogen and oxygen atoms in total. The topological polar surface area (TPSA) is 52.7 Å². The van der Waals surface area contributed by atoms with Crippen molar-refractivity contribution in [2.24, 2.45) is 0 Å². The van der Waals surface area contributed by atoms with E-state index in [1.807, 2.05) is 41.3 Å². The Kier molecular flexibility index (Phi) is 5.89. The second-order valence-electron chi connectivity index (χ2n) is 6.65. The molecule has 1 aliphatic rings. The molecular formula is C21H25N3O2. The number of carbonyl (C=O) groups is 2. The van der Waals surface area contributed by atoms with Crippen LogP contribution in [0.3, 0.4) is 0 Å². The summed E-state index contributed by atoms with van der Waals surface area (Å²) in [6.07, 6.45) is 1.27. The normalized spacial score (nSPS) is 14.2. The number of amides is 3. The van der Waals surface area contributed by atoms with Gasteiger partial charge < -0.3 is 15.1 Å². The van der Waals surface area contributed by atoms with Gasteiger partial charge in [0.2, 0.25) is 5.91 Å². The van der Waals surface area contributed by atoms with Gasteiger partial charge in [-0.15, -0.1) is 0 Å². The lowest BCUT2D eigenvalue weighted by Crippen LogP contribution is -2.51. The molecule has 0 radical (unpaired) electrons. The Labute approximate surface area is 154 Å². The Bertz CT molecular complexity index is 753. The fraction of sp³-hybridized carbons (Fsp3) is 0.333. The molecule has 0 bridgehead atoms. The van der Waals surface area contributed by atoms with Gasteiger partial charge in [0.15, 0.2) is 0 Å². The molecule has 136 valence electrons. The molecule has 1 saturated heterocycles. The summed E-state index contributed by atoms with van der Waals surface area (Å²) in [4.78, 5) is 28.4. The summed E-state index contributed by atoms with van der Waals surface area (Å²) in [5.41, 5.74) is 3.20. The van der Waals surface area contributed by atoms with E-state index in [2.05, 4.69) is 30.4 Å². The van der Waals surface area contributed by atoms with E-state index in [9.17, 15) is 9.59 Å². The number of nitrogens with one attached hydrogen (secondary N) is 1. The molecule has 0 atom stereocenters. The largest absolute Gasteiger partial charge is 0.339 e. The molecule has 0 aliphatic carbocycles. The number of benzene rings is 2. The second kappa shape index (κ2) is 8.52. The molecule has 1 N–H and O–H groups in total. The molecular weight excluding hydrogens is 326 g/mol. The summed E-state index contributed by atoms with van der Waals surface area (Å²) in [6, 6.07) is 17.6. The zero-order valence-corrected chi connectivity index (χ0v) is 15.1. The van der Waals surface area contributed by atoms with E-state index in [1.54, 1.807) is 4.90 Å². The highest BCUT2D eigenvalue weighted by molar-refractivity contribution is 5.89. The van der Waals surface area contributed by atoms with Gasteiger partial charge in [0, 0.05) is 38.3 Å². The molecule has 5 heteroatoms. The van der Waals surface area contributed by atoms with Crippen molar-refractivity contribution >= 4 is 17.6 Å². The van der Waals surface area contributed by atoms with Crippen molar-refractivity contribution in [3.8, 4) is 0 Å². The minimum absolute atomic E-state index is 0.108. The summed E-state index contributed by atoms with van der Waals surface area (Å²) < 4.78 is 0. The van der Waals surface area contributed by atoms with E-state index in [0.717, 1.165) is 12.1 Å². The fourth-order valence-electron chi connectivity index (χ4n) is 3.16. The van der Waals surface area contributed by atoms with Gasteiger partial charge in [0.1, 0.15) is 0 Å². The van der Waals surface area contributed by atoms with E-state index < -0.39 is 0 Å². The van der Waals surface area contributed by atoms with Gasteiger partial charge in [-0.05, 0) is 31.0 Å². The Morgan fingerprint density at radius 1 is 0.923 bits per heavy atom. The summed E-state index contributed by atoms with van der Waals surface area (Å²) >= 11 is 0. The highest BCUT2D eigenvalue weighted by atomic mass is 16.2. The zero-order chi connectivity index (χ0) is 18.4. The van der Waals surface area contributed by atoms with Gasteiger partial charge in [0.05, 0.1) is 0 Å². The van der Waals surface area contributed by atoms with Crippen LogP contribution in [0.1, 0.15) is 17.5 Å². The number of aryl methyl sites for hydroxylation is 2. The van der Waals surface area contributed by atoms with Crippen molar-refractivity contribution in [1.29, 1.82) is 0 Å². The third-order valence-electron chi connectivity index (χ3n) is 4.65. The molecule has 1 heterocycles. The minimum atomic E-state index is -0.108. The van der Waals surface area contributed by atoms with Crippen LogP contribution in [0.5, 0.6) is 0 Å². The smallest absolute Gasteiger partial charge is 0.321 e. The molecule has 2 aromatic carbocycles. The lowest BCUT2D eigenvalue weighted by Gasteiger charge is -2.34. The number of rotatable bonds is 4. The first-order chi connectivity index (χ1) is 12.6. The van der Waals surface area contributed by atoms with Gasteiger partial charge in [-0.25, -0.2) is 4.79 Å². The number of para-hydroxylation sites is 1. The van der Waals surface area contributed by atoms with Crippen LogP contribution in [-0.4, -0.2) is 47.9 Å². The van der Waals surface area contributed by atoms with Gasteiger partial charge in [-0.2, -0.15) is 0 Å². The summed E-state index contributed by atoms with van der Waals surface area (Å²) in [6.45, 7) is 4.37. The van der Waals surface area contributed by atoms with Crippen molar-refractivity contribution in [1.82, 2.24) is 9.80 Å². The molecule has 0 spiro atoms. The first-order valence-electron chi connectivity index (χ1n) is 9.06. The highest BCUT2D eigenvalue weighted by Gasteiger charge is 2.23. The van der Waals surface area contributed by atoms with Crippen molar-refractivity contribution in [3.63, 3.8) is 0 Å². The van der Waals surface area contributed by atoms with Crippen molar-refractivity contribution in [2.45, 2.75) is 19.8 Å². The number of nitrogens with zero attached hydrogens (tertiary/aromatic N) is 2. The van der Waals surface area contributed by atoms with Gasteiger partial charge in [0.25, 0.3) is 0 Å². The van der Waals surface area contributed by atoms with E-state index in [4.69, 9.17) is 0 Å². The first kappa shape index (κ1) is 18.0. The van der Waals surface area contributed by atoms with Crippen LogP contribution in [-0.2, 0) is 11.2 Å². The summed E-state index contributed by atoms with van der Waals surface area (Å²) in [5.74, 6) is 0.162. The molecule has 0 saturated carbocycles. The predicted molar refractivity (Wildman–Crippen MR) is 103 cm³/mol. The van der Waals surface area contributed by atoms with E-state index in [-0.39, 0.29) is 11.9 Å². The third kappa shape index (κ3) is 4.85. The number of carbonyl (C=O) groups excluding carboxylic acids is 2. The molecule has 3 rings (SSSR count). The molecule has 0 aromatic heterocycles. The zero-order valence-electron chi connectivity index (χ0n) is 15.1. The van der Waals surface area contributed by atoms with Crippen LogP contribution in [0, 0.1) is 6.92 Å². The fourth-order valence-corrected chi connectivity index (χ4v) is 3.16. The molecule has 0 unspecified atom stereocenters. The molecule has 1 aliphatic heterocycles. The van der Waals surface area contributed by atoms with Crippen molar-refractivity contribution in [2.75, 3.05) is 31.5 Å². The number of anilines is 1. The number of hydrogen-bond donors (Lipinski definition) is 1. The molecule has 2 aromatic rings. The average Bonchev–Trinajstić information content (AvgIpc) is 2.67. The van der Waals surface area contributed by atoms with Gasteiger partial charge in [-0.3, -0.25) is 4.79 Å². The Hall–Kier alpha value is -2.82. The number of hydrogen-bond acceptors (Lipinski definition) is 2. The van der Waals surface area contributed by atoms with Crippen LogP contribution in [0.4, 0.5) is 10.5 Å². The Morgan fingerprint density at radius 3 is 2.31 bits per heavy atom. The van der Waals surface area contributed by atoms with Crippen LogP contribution in [0.2, 0.25) is 0 Å². The number of piperazine rings is 1. The van der Waals surface area contributed by atoms with Gasteiger partial charge >= 0.3 is 6.03 Å². The monoisotopic (exact) mass is 351 g/mol. The standard InChI is InChI=1S/C21H25N3O2/c1-17-6-5-7-18(16-17)10-11-20(25)23-12-14-24(15-13-23)21(26)22-19-8-3-2-4-9-19/h2-9,16H,10-15H2,1H3,(H,22,26). The highest BCUT2D eigenvalue weighted by Crippen LogP contribution is 2.11. The van der Waals surface area contributed by atoms with Gasteiger partial charge in [-0.1, -0.05) is 48.0 Å². The van der Waals surface area contributed by atoms with Crippen LogP contribution >= 0.6 is 0 Å². The van der Waals surface area contributed by atoms with Crippen LogP contribution in [0.25, 0.3) is 0 Å². The lowest BCUT2D eigenvalue weighted by atomic mass is 10.1. The molecule has 1 fully saturated rings. The third-order valence-corrected chi connectivity index (χ3v) is 4.65. The predicted octanol–water partition coefficient (Wildman–Crippen LogP) is 3.30. The Balaban J connectivity index is 1.44. The number of urea groups is 1. The van der Waals surface area contributed by atoms with E-state index in [1.165, 1.54) is 11.1 Å². The average molecular weight is 351 g/mol. The Morgan fingerprint density at radius 2 is 1.62 bits per heavy atom. The molecule has 3 amide bonds. The quantitative estimate of drug-likeness (QED) is 0.919. The second-order valence-corrected chi connectivity index (χ2v) is 6.65. The van der Waals surface area contributed by atoms with Crippen molar-refractivity contribution < 1.29 is 9.59 Å². The maximum atomic E-state index is 12.4.